The molecule has 0 amide bonds. The van der Waals surface area contributed by atoms with Crippen molar-refractivity contribution in [3.05, 3.63) is 103 Å². The highest BCUT2D eigenvalue weighted by Crippen LogP contribution is 2.41. The lowest BCUT2D eigenvalue weighted by Crippen LogP contribution is -1.92. The van der Waals surface area contributed by atoms with Gasteiger partial charge < -0.3 is 8.82 Å². The second-order valence-corrected chi connectivity index (χ2v) is 8.60. The normalized spacial score (nSPS) is 12.4. The molecule has 0 radical (unpaired) electrons. The Hall–Kier alpha value is -4.30. The van der Waals surface area contributed by atoms with Gasteiger partial charge in [0.2, 0.25) is 0 Å². The Morgan fingerprint density at radius 2 is 1.19 bits per heavy atom. The molecule has 0 N–H and O–H groups in total. The van der Waals surface area contributed by atoms with Gasteiger partial charge in [0.1, 0.15) is 11.2 Å². The van der Waals surface area contributed by atoms with Gasteiger partial charge in [0.25, 0.3) is 0 Å². The van der Waals surface area contributed by atoms with E-state index in [-0.39, 0.29) is 0 Å². The first-order valence-corrected chi connectivity index (χ1v) is 11.0. The molecule has 0 saturated carbocycles. The molecule has 0 spiro atoms. The summed E-state index contributed by atoms with van der Waals surface area (Å²) in [7, 11) is 0. The van der Waals surface area contributed by atoms with Crippen LogP contribution in [0.1, 0.15) is 0 Å². The Morgan fingerprint density at radius 1 is 0.438 bits per heavy atom. The molecule has 2 heteroatoms. The third kappa shape index (κ3) is 1.95. The number of hydrogen-bond donors (Lipinski definition) is 0. The molecule has 8 aromatic rings. The summed E-state index contributed by atoms with van der Waals surface area (Å²) in [6, 6.07) is 37.0. The molecule has 0 aliphatic rings. The fraction of sp³-hybridized carbons (Fsp3) is 0. The van der Waals surface area contributed by atoms with Crippen molar-refractivity contribution < 1.29 is 4.42 Å². The predicted octanol–water partition coefficient (Wildman–Crippen LogP) is 8.45. The van der Waals surface area contributed by atoms with Crippen LogP contribution in [0.4, 0.5) is 0 Å². The summed E-state index contributed by atoms with van der Waals surface area (Å²) in [5, 5.41) is 9.88. The molecular weight excluding hydrogens is 390 g/mol. The highest BCUT2D eigenvalue weighted by atomic mass is 16.3. The van der Waals surface area contributed by atoms with Crippen molar-refractivity contribution in [1.29, 1.82) is 0 Å². The zero-order valence-electron chi connectivity index (χ0n) is 17.2. The predicted molar refractivity (Wildman–Crippen MR) is 135 cm³/mol. The van der Waals surface area contributed by atoms with Crippen molar-refractivity contribution in [3.8, 4) is 0 Å². The summed E-state index contributed by atoms with van der Waals surface area (Å²) in [6.07, 6.45) is 0. The number of fused-ring (bicyclic) bond motifs is 13. The third-order valence-corrected chi connectivity index (χ3v) is 6.92. The SMILES string of the molecule is c1ccc2c(c1)ccc1c2c2cc3oc4ccccc4c3cc2n2c3ccccc3cc12. The molecule has 32 heavy (non-hydrogen) atoms. The van der Waals surface area contributed by atoms with Crippen LogP contribution in [0.15, 0.2) is 108 Å². The summed E-state index contributed by atoms with van der Waals surface area (Å²) >= 11 is 0. The van der Waals surface area contributed by atoms with Crippen molar-refractivity contribution in [2.75, 3.05) is 0 Å². The Kier molecular flexibility index (Phi) is 2.91. The summed E-state index contributed by atoms with van der Waals surface area (Å²) in [4.78, 5) is 0. The van der Waals surface area contributed by atoms with Gasteiger partial charge in [-0.15, -0.1) is 0 Å². The topological polar surface area (TPSA) is 17.6 Å². The maximum atomic E-state index is 6.29. The molecule has 0 atom stereocenters. The van der Waals surface area contributed by atoms with Crippen LogP contribution >= 0.6 is 0 Å². The molecule has 0 aliphatic heterocycles. The third-order valence-electron chi connectivity index (χ3n) is 6.92. The average Bonchev–Trinajstić information content (AvgIpc) is 3.41. The van der Waals surface area contributed by atoms with E-state index < -0.39 is 0 Å². The van der Waals surface area contributed by atoms with E-state index in [4.69, 9.17) is 4.42 Å². The Balaban J connectivity index is 1.76. The van der Waals surface area contributed by atoms with Crippen LogP contribution in [0.2, 0.25) is 0 Å². The second kappa shape index (κ2) is 5.68. The van der Waals surface area contributed by atoms with Crippen LogP contribution in [0.3, 0.4) is 0 Å². The number of rotatable bonds is 0. The molecular formula is C30H17NO. The van der Waals surface area contributed by atoms with Gasteiger partial charge in [-0.1, -0.05) is 72.8 Å². The first-order chi connectivity index (χ1) is 15.9. The van der Waals surface area contributed by atoms with Crippen molar-refractivity contribution in [3.63, 3.8) is 0 Å². The molecule has 0 fully saturated rings. The van der Waals surface area contributed by atoms with Gasteiger partial charge in [-0.05, 0) is 41.1 Å². The van der Waals surface area contributed by atoms with Gasteiger partial charge in [0.05, 0.1) is 16.6 Å². The number of aromatic nitrogens is 1. The molecule has 3 heterocycles. The number of para-hydroxylation sites is 2. The largest absolute Gasteiger partial charge is 0.456 e. The summed E-state index contributed by atoms with van der Waals surface area (Å²) in [6.45, 7) is 0. The van der Waals surface area contributed by atoms with E-state index >= 15 is 0 Å². The minimum Gasteiger partial charge on any atom is -0.456 e. The Bertz CT molecular complexity index is 2040. The maximum Gasteiger partial charge on any atom is 0.136 e. The summed E-state index contributed by atoms with van der Waals surface area (Å²) in [5.41, 5.74) is 5.55. The van der Waals surface area contributed by atoms with E-state index in [1.54, 1.807) is 0 Å². The van der Waals surface area contributed by atoms with Gasteiger partial charge in [-0.3, -0.25) is 0 Å². The second-order valence-electron chi connectivity index (χ2n) is 8.60. The highest BCUT2D eigenvalue weighted by Gasteiger charge is 2.17. The average molecular weight is 407 g/mol. The summed E-state index contributed by atoms with van der Waals surface area (Å²) < 4.78 is 8.71. The number of nitrogens with zero attached hydrogens (tertiary/aromatic N) is 1. The van der Waals surface area contributed by atoms with Crippen LogP contribution in [-0.2, 0) is 0 Å². The minimum absolute atomic E-state index is 0.931. The number of furan rings is 1. The van der Waals surface area contributed by atoms with E-state index in [1.165, 1.54) is 48.9 Å². The number of benzene rings is 5. The molecule has 8 rings (SSSR count). The smallest absolute Gasteiger partial charge is 0.136 e. The molecule has 148 valence electrons. The van der Waals surface area contributed by atoms with Crippen molar-refractivity contribution in [2.45, 2.75) is 0 Å². The van der Waals surface area contributed by atoms with Crippen LogP contribution in [0.5, 0.6) is 0 Å². The fourth-order valence-corrected chi connectivity index (χ4v) is 5.53. The first kappa shape index (κ1) is 16.4. The lowest BCUT2D eigenvalue weighted by atomic mass is 9.97. The first-order valence-electron chi connectivity index (χ1n) is 11.0. The number of pyridine rings is 1. The number of hydrogen-bond acceptors (Lipinski definition) is 1. The monoisotopic (exact) mass is 407 g/mol. The molecule has 0 saturated heterocycles. The molecule has 0 aliphatic carbocycles. The van der Waals surface area contributed by atoms with E-state index in [9.17, 15) is 0 Å². The van der Waals surface area contributed by atoms with E-state index in [1.807, 2.05) is 12.1 Å². The van der Waals surface area contributed by atoms with Gasteiger partial charge in [0, 0.05) is 32.3 Å². The quantitative estimate of drug-likeness (QED) is 0.231. The zero-order valence-corrected chi connectivity index (χ0v) is 17.2. The molecule has 0 bridgehead atoms. The molecule has 0 unspecified atom stereocenters. The van der Waals surface area contributed by atoms with E-state index in [2.05, 4.69) is 95.4 Å². The Labute approximate surface area is 182 Å². The van der Waals surface area contributed by atoms with Gasteiger partial charge >= 0.3 is 0 Å². The zero-order chi connectivity index (χ0) is 20.8. The van der Waals surface area contributed by atoms with Gasteiger partial charge in [0.15, 0.2) is 0 Å². The van der Waals surface area contributed by atoms with Gasteiger partial charge in [-0.25, -0.2) is 0 Å². The fourth-order valence-electron chi connectivity index (χ4n) is 5.53. The molecule has 3 aromatic heterocycles. The van der Waals surface area contributed by atoms with Gasteiger partial charge in [-0.2, -0.15) is 0 Å². The van der Waals surface area contributed by atoms with E-state index in [0.717, 1.165) is 21.9 Å². The van der Waals surface area contributed by atoms with Crippen molar-refractivity contribution in [1.82, 2.24) is 4.40 Å². The minimum atomic E-state index is 0.931. The maximum absolute atomic E-state index is 6.29. The van der Waals surface area contributed by atoms with Crippen LogP contribution in [-0.4, -0.2) is 4.40 Å². The molecule has 2 nitrogen and oxygen atoms in total. The van der Waals surface area contributed by atoms with Crippen LogP contribution in [0.25, 0.3) is 70.8 Å². The highest BCUT2D eigenvalue weighted by molar-refractivity contribution is 6.27. The lowest BCUT2D eigenvalue weighted by Gasteiger charge is -2.13. The van der Waals surface area contributed by atoms with Crippen LogP contribution in [0, 0.1) is 0 Å². The Morgan fingerprint density at radius 3 is 2.12 bits per heavy atom. The van der Waals surface area contributed by atoms with Crippen molar-refractivity contribution in [2.24, 2.45) is 0 Å². The summed E-state index contributed by atoms with van der Waals surface area (Å²) in [5.74, 6) is 0. The molecule has 5 aromatic carbocycles. The van der Waals surface area contributed by atoms with Crippen molar-refractivity contribution >= 4 is 70.8 Å². The lowest BCUT2D eigenvalue weighted by molar-refractivity contribution is 0.669. The van der Waals surface area contributed by atoms with Crippen LogP contribution < -0.4 is 0 Å². The standard InChI is InChI=1S/C30H17NO/c1-3-9-20-18(7-1)13-14-22-26-15-19-8-2-5-11-25(19)31(26)27-16-23-21-10-4-6-12-28(21)32-29(23)17-24(27)30(20)22/h1-17H. The van der Waals surface area contributed by atoms with E-state index in [0.29, 0.717) is 0 Å².